The zero-order chi connectivity index (χ0) is 13.0. The molecule has 0 aliphatic heterocycles. The number of aromatic nitrogens is 2. The molecule has 5 nitrogen and oxygen atoms in total. The molecule has 1 aromatic heterocycles. The van der Waals surface area contributed by atoms with Gasteiger partial charge in [0.05, 0.1) is 18.4 Å². The van der Waals surface area contributed by atoms with Crippen LogP contribution in [0.4, 0.5) is 5.69 Å². The van der Waals surface area contributed by atoms with Gasteiger partial charge in [-0.15, -0.1) is 0 Å². The molecule has 1 amide bonds. The molecule has 0 aliphatic rings. The fraction of sp³-hybridized carbons (Fsp3) is 0.231. The first kappa shape index (κ1) is 12.3. The highest BCUT2D eigenvalue weighted by atomic mass is 16.3. The molecule has 1 heterocycles. The number of nitrogens with one attached hydrogen (secondary N) is 1. The molecule has 0 aliphatic carbocycles. The van der Waals surface area contributed by atoms with Gasteiger partial charge in [0.15, 0.2) is 0 Å². The number of anilines is 1. The van der Waals surface area contributed by atoms with Gasteiger partial charge in [0.25, 0.3) is 5.91 Å². The van der Waals surface area contributed by atoms with Crippen LogP contribution in [0.2, 0.25) is 0 Å². The largest absolute Gasteiger partial charge is 0.384 e. The van der Waals surface area contributed by atoms with E-state index < -0.39 is 12.0 Å². The molecule has 0 bridgehead atoms. The molecule has 5 heteroatoms. The maximum atomic E-state index is 11.3. The Balaban J connectivity index is 2.00. The van der Waals surface area contributed by atoms with Crippen molar-refractivity contribution in [2.24, 2.45) is 0 Å². The van der Waals surface area contributed by atoms with Crippen LogP contribution in [0, 0.1) is 0 Å². The highest BCUT2D eigenvalue weighted by molar-refractivity contribution is 5.93. The van der Waals surface area contributed by atoms with Crippen LogP contribution in [0.25, 0.3) is 0 Å². The topological polar surface area (TPSA) is 67.2 Å². The maximum absolute atomic E-state index is 11.3. The van der Waals surface area contributed by atoms with E-state index in [1.807, 2.05) is 30.3 Å². The summed E-state index contributed by atoms with van der Waals surface area (Å²) < 4.78 is 1.73. The number of aliphatic hydroxyl groups excluding tert-OH is 1. The van der Waals surface area contributed by atoms with Crippen LogP contribution in [-0.2, 0) is 11.3 Å². The molecule has 0 saturated carbocycles. The van der Waals surface area contributed by atoms with E-state index in [4.69, 9.17) is 5.11 Å². The molecule has 18 heavy (non-hydrogen) atoms. The van der Waals surface area contributed by atoms with Crippen LogP contribution in [0.5, 0.6) is 0 Å². The summed E-state index contributed by atoms with van der Waals surface area (Å²) >= 11 is 0. The summed E-state index contributed by atoms with van der Waals surface area (Å²) in [6.45, 7) is 2.06. The summed E-state index contributed by atoms with van der Waals surface area (Å²) in [4.78, 5) is 11.3. The van der Waals surface area contributed by atoms with E-state index in [0.717, 1.165) is 5.56 Å². The van der Waals surface area contributed by atoms with Crippen molar-refractivity contribution in [3.05, 3.63) is 48.3 Å². The number of hydrogen-bond acceptors (Lipinski definition) is 3. The van der Waals surface area contributed by atoms with E-state index in [1.54, 1.807) is 17.1 Å². The van der Waals surface area contributed by atoms with Crippen LogP contribution in [0.1, 0.15) is 12.5 Å². The Morgan fingerprint density at radius 2 is 2.17 bits per heavy atom. The molecule has 0 fully saturated rings. The van der Waals surface area contributed by atoms with Crippen molar-refractivity contribution in [2.45, 2.75) is 19.6 Å². The lowest BCUT2D eigenvalue weighted by molar-refractivity contribution is -0.123. The van der Waals surface area contributed by atoms with Crippen LogP contribution in [-0.4, -0.2) is 26.9 Å². The molecular weight excluding hydrogens is 230 g/mol. The Kier molecular flexibility index (Phi) is 3.74. The summed E-state index contributed by atoms with van der Waals surface area (Å²) in [5.41, 5.74) is 1.71. The third kappa shape index (κ3) is 3.18. The molecule has 0 spiro atoms. The SMILES string of the molecule is CC(O)C(=O)Nc1cnn(Cc2ccccc2)c1. The molecule has 1 aromatic carbocycles. The van der Waals surface area contributed by atoms with Crippen molar-refractivity contribution < 1.29 is 9.90 Å². The predicted octanol–water partition coefficient (Wildman–Crippen LogP) is 1.25. The minimum absolute atomic E-state index is 0.436. The predicted molar refractivity (Wildman–Crippen MR) is 68.1 cm³/mol. The molecule has 1 atom stereocenters. The third-order valence-electron chi connectivity index (χ3n) is 2.47. The van der Waals surface area contributed by atoms with Gasteiger partial charge in [0.1, 0.15) is 6.10 Å². The number of amides is 1. The highest BCUT2D eigenvalue weighted by Gasteiger charge is 2.09. The fourth-order valence-corrected chi connectivity index (χ4v) is 1.53. The molecule has 2 aromatic rings. The van der Waals surface area contributed by atoms with Gasteiger partial charge in [-0.25, -0.2) is 0 Å². The van der Waals surface area contributed by atoms with E-state index >= 15 is 0 Å². The quantitative estimate of drug-likeness (QED) is 0.852. The molecular formula is C13H15N3O2. The summed E-state index contributed by atoms with van der Waals surface area (Å²) in [6.07, 6.45) is 2.26. The first-order valence-electron chi connectivity index (χ1n) is 5.70. The number of carbonyl (C=O) groups excluding carboxylic acids is 1. The third-order valence-corrected chi connectivity index (χ3v) is 2.47. The van der Waals surface area contributed by atoms with Crippen molar-refractivity contribution >= 4 is 11.6 Å². The first-order valence-corrected chi connectivity index (χ1v) is 5.70. The normalized spacial score (nSPS) is 12.1. The highest BCUT2D eigenvalue weighted by Crippen LogP contribution is 2.08. The molecule has 0 saturated heterocycles. The summed E-state index contributed by atoms with van der Waals surface area (Å²) in [5.74, 6) is -0.436. The number of hydrogen-bond donors (Lipinski definition) is 2. The molecule has 2 rings (SSSR count). The maximum Gasteiger partial charge on any atom is 0.253 e. The van der Waals surface area contributed by atoms with Gasteiger partial charge in [-0.05, 0) is 12.5 Å². The molecule has 1 unspecified atom stereocenters. The van der Waals surface area contributed by atoms with E-state index in [0.29, 0.717) is 12.2 Å². The van der Waals surface area contributed by atoms with Crippen molar-refractivity contribution in [1.82, 2.24) is 9.78 Å². The van der Waals surface area contributed by atoms with Gasteiger partial charge >= 0.3 is 0 Å². The second-order valence-electron chi connectivity index (χ2n) is 4.08. The Morgan fingerprint density at radius 1 is 1.44 bits per heavy atom. The summed E-state index contributed by atoms with van der Waals surface area (Å²) in [7, 11) is 0. The second-order valence-corrected chi connectivity index (χ2v) is 4.08. The van der Waals surface area contributed by atoms with Crippen LogP contribution >= 0.6 is 0 Å². The zero-order valence-corrected chi connectivity index (χ0v) is 10.1. The molecule has 0 radical (unpaired) electrons. The number of carbonyl (C=O) groups is 1. The monoisotopic (exact) mass is 245 g/mol. The van der Waals surface area contributed by atoms with E-state index in [2.05, 4.69) is 10.4 Å². The zero-order valence-electron chi connectivity index (χ0n) is 10.1. The average Bonchev–Trinajstić information content (AvgIpc) is 2.77. The Labute approximate surface area is 105 Å². The smallest absolute Gasteiger partial charge is 0.253 e. The second kappa shape index (κ2) is 5.46. The minimum atomic E-state index is -1.03. The van der Waals surface area contributed by atoms with Gasteiger partial charge in [-0.2, -0.15) is 5.10 Å². The fourth-order valence-electron chi connectivity index (χ4n) is 1.53. The van der Waals surface area contributed by atoms with Crippen molar-refractivity contribution in [3.63, 3.8) is 0 Å². The minimum Gasteiger partial charge on any atom is -0.384 e. The van der Waals surface area contributed by atoms with Crippen molar-refractivity contribution in [1.29, 1.82) is 0 Å². The van der Waals surface area contributed by atoms with Gasteiger partial charge in [-0.1, -0.05) is 30.3 Å². The van der Waals surface area contributed by atoms with E-state index in [-0.39, 0.29) is 0 Å². The lowest BCUT2D eigenvalue weighted by atomic mass is 10.2. The van der Waals surface area contributed by atoms with Crippen LogP contribution < -0.4 is 5.32 Å². The van der Waals surface area contributed by atoms with Gasteiger partial charge in [0, 0.05) is 6.20 Å². The van der Waals surface area contributed by atoms with Crippen molar-refractivity contribution in [2.75, 3.05) is 5.32 Å². The lowest BCUT2D eigenvalue weighted by Crippen LogP contribution is -2.24. The molecule has 2 N–H and O–H groups in total. The van der Waals surface area contributed by atoms with Crippen LogP contribution in [0.3, 0.4) is 0 Å². The van der Waals surface area contributed by atoms with E-state index in [9.17, 15) is 4.79 Å². The number of rotatable bonds is 4. The van der Waals surface area contributed by atoms with E-state index in [1.165, 1.54) is 6.92 Å². The molecule has 94 valence electrons. The Hall–Kier alpha value is -2.14. The summed E-state index contributed by atoms with van der Waals surface area (Å²) in [6, 6.07) is 9.91. The number of aliphatic hydroxyl groups is 1. The van der Waals surface area contributed by atoms with Gasteiger partial charge in [-0.3, -0.25) is 9.48 Å². The number of benzene rings is 1. The Bertz CT molecular complexity index is 520. The Morgan fingerprint density at radius 3 is 2.83 bits per heavy atom. The lowest BCUT2D eigenvalue weighted by Gasteiger charge is -2.04. The standard InChI is InChI=1S/C13H15N3O2/c1-10(17)13(18)15-12-7-14-16(9-12)8-11-5-3-2-4-6-11/h2-7,9-10,17H,8H2,1H3,(H,15,18). The summed E-state index contributed by atoms with van der Waals surface area (Å²) in [5, 5.41) is 15.8. The average molecular weight is 245 g/mol. The van der Waals surface area contributed by atoms with Gasteiger partial charge in [0.2, 0.25) is 0 Å². The van der Waals surface area contributed by atoms with Crippen molar-refractivity contribution in [3.8, 4) is 0 Å². The van der Waals surface area contributed by atoms with Crippen LogP contribution in [0.15, 0.2) is 42.7 Å². The number of nitrogens with zero attached hydrogens (tertiary/aromatic N) is 2. The first-order chi connectivity index (χ1) is 8.65. The van der Waals surface area contributed by atoms with Gasteiger partial charge < -0.3 is 10.4 Å².